The summed E-state index contributed by atoms with van der Waals surface area (Å²) in [4.78, 5) is 12.8. The number of para-hydroxylation sites is 3. The number of fused-ring (bicyclic) bond motifs is 11. The Bertz CT molecular complexity index is 2460. The molecule has 43 heavy (non-hydrogen) atoms. The molecule has 0 saturated heterocycles. The van der Waals surface area contributed by atoms with Crippen LogP contribution in [0.15, 0.2) is 133 Å². The van der Waals surface area contributed by atoms with Gasteiger partial charge in [0, 0.05) is 27.5 Å². The minimum absolute atomic E-state index is 0.616. The molecule has 0 fully saturated rings. The van der Waals surface area contributed by atoms with E-state index in [1.165, 1.54) is 16.3 Å². The monoisotopic (exact) mass is 550 g/mol. The van der Waals surface area contributed by atoms with Gasteiger partial charge in [-0.3, -0.25) is 9.47 Å². The Balaban J connectivity index is 1.37. The van der Waals surface area contributed by atoms with Gasteiger partial charge in [0.25, 0.3) is 0 Å². The van der Waals surface area contributed by atoms with Gasteiger partial charge in [0.1, 0.15) is 17.3 Å². The summed E-state index contributed by atoms with van der Waals surface area (Å²) in [5.41, 5.74) is 8.31. The third-order valence-corrected chi connectivity index (χ3v) is 8.71. The Morgan fingerprint density at radius 1 is 0.535 bits per heavy atom. The van der Waals surface area contributed by atoms with Crippen molar-refractivity contribution in [1.82, 2.24) is 14.5 Å². The number of hydrogen-bond acceptors (Lipinski definition) is 4. The molecule has 2 aliphatic rings. The van der Waals surface area contributed by atoms with Gasteiger partial charge in [-0.1, -0.05) is 91.0 Å². The molecule has 10 rings (SSSR count). The van der Waals surface area contributed by atoms with Gasteiger partial charge in [-0.15, -0.1) is 0 Å². The molecule has 0 saturated carbocycles. The SMILES string of the molecule is c1ccc2c(c1)Oc1cccc3nc(N4c5ccccc5-c5ccccc5-n5c4cc4ccc6ccccc6c45)nc-2c13. The second-order valence-electron chi connectivity index (χ2n) is 11.1. The average Bonchev–Trinajstić information content (AvgIpc) is 3.39. The van der Waals surface area contributed by atoms with Crippen molar-refractivity contribution in [2.24, 2.45) is 0 Å². The van der Waals surface area contributed by atoms with E-state index in [1.807, 2.05) is 36.4 Å². The number of hydrogen-bond donors (Lipinski definition) is 0. The molecule has 0 aliphatic carbocycles. The van der Waals surface area contributed by atoms with E-state index < -0.39 is 0 Å². The van der Waals surface area contributed by atoms with Crippen LogP contribution in [0.5, 0.6) is 11.5 Å². The van der Waals surface area contributed by atoms with Crippen LogP contribution in [0.1, 0.15) is 0 Å². The van der Waals surface area contributed by atoms with Crippen molar-refractivity contribution < 1.29 is 4.74 Å². The van der Waals surface area contributed by atoms with Gasteiger partial charge >= 0.3 is 0 Å². The molecule has 0 N–H and O–H groups in total. The van der Waals surface area contributed by atoms with E-state index in [9.17, 15) is 0 Å². The van der Waals surface area contributed by atoms with Gasteiger partial charge in [0.15, 0.2) is 0 Å². The van der Waals surface area contributed by atoms with Crippen LogP contribution < -0.4 is 9.64 Å². The number of nitrogens with zero attached hydrogens (tertiary/aromatic N) is 4. The third kappa shape index (κ3) is 3.05. The molecule has 0 bridgehead atoms. The number of aromatic nitrogens is 3. The predicted molar refractivity (Wildman–Crippen MR) is 173 cm³/mol. The minimum Gasteiger partial charge on any atom is -0.456 e. The van der Waals surface area contributed by atoms with Crippen molar-refractivity contribution in [3.05, 3.63) is 133 Å². The Hall–Kier alpha value is -5.94. The Labute approximate surface area is 246 Å². The fraction of sp³-hybridized carbons (Fsp3) is 0. The first kappa shape index (κ1) is 22.7. The summed E-state index contributed by atoms with van der Waals surface area (Å²) in [5.74, 6) is 3.19. The summed E-state index contributed by atoms with van der Waals surface area (Å²) in [6.45, 7) is 0. The van der Waals surface area contributed by atoms with E-state index in [0.29, 0.717) is 5.95 Å². The zero-order valence-corrected chi connectivity index (χ0v) is 22.9. The van der Waals surface area contributed by atoms with Crippen molar-refractivity contribution in [3.63, 3.8) is 0 Å². The highest BCUT2D eigenvalue weighted by Crippen LogP contribution is 2.51. The fourth-order valence-electron chi connectivity index (χ4n) is 6.88. The lowest BCUT2D eigenvalue weighted by molar-refractivity contribution is 0.486. The lowest BCUT2D eigenvalue weighted by Crippen LogP contribution is -2.17. The van der Waals surface area contributed by atoms with Gasteiger partial charge in [-0.25, -0.2) is 9.97 Å². The van der Waals surface area contributed by atoms with Crippen LogP contribution in [0.4, 0.5) is 17.5 Å². The standard InChI is InChI=1S/C38H22N4O/c1-2-11-25-23(10-1)20-21-24-22-34-41(37(24)25)30-16-6-3-12-26(30)27-13-4-7-17-31(27)42(34)38-39-29-15-9-19-33-35(29)36(40-38)28-14-5-8-18-32(28)43-33/h1-22H. The molecule has 0 amide bonds. The molecule has 8 aromatic rings. The first-order valence-electron chi connectivity index (χ1n) is 14.4. The maximum absolute atomic E-state index is 6.29. The zero-order valence-electron chi connectivity index (χ0n) is 22.9. The normalized spacial score (nSPS) is 12.8. The van der Waals surface area contributed by atoms with Crippen LogP contribution in [-0.2, 0) is 0 Å². The first-order chi connectivity index (χ1) is 21.3. The Morgan fingerprint density at radius 2 is 1.23 bits per heavy atom. The molecule has 0 radical (unpaired) electrons. The van der Waals surface area contributed by atoms with Crippen molar-refractivity contribution in [2.45, 2.75) is 0 Å². The summed E-state index contributed by atoms with van der Waals surface area (Å²) in [6.07, 6.45) is 0. The van der Waals surface area contributed by atoms with Gasteiger partial charge < -0.3 is 4.74 Å². The van der Waals surface area contributed by atoms with E-state index in [2.05, 4.69) is 107 Å². The topological polar surface area (TPSA) is 43.2 Å². The molecule has 200 valence electrons. The van der Waals surface area contributed by atoms with Crippen molar-refractivity contribution in [3.8, 4) is 39.6 Å². The van der Waals surface area contributed by atoms with E-state index in [-0.39, 0.29) is 0 Å². The van der Waals surface area contributed by atoms with Gasteiger partial charge in [-0.05, 0) is 47.9 Å². The highest BCUT2D eigenvalue weighted by Gasteiger charge is 2.31. The van der Waals surface area contributed by atoms with Crippen LogP contribution in [0.3, 0.4) is 0 Å². The minimum atomic E-state index is 0.616. The van der Waals surface area contributed by atoms with Crippen molar-refractivity contribution >= 4 is 50.0 Å². The molecule has 0 atom stereocenters. The smallest absolute Gasteiger partial charge is 0.236 e. The molecule has 5 heteroatoms. The molecule has 6 aromatic carbocycles. The van der Waals surface area contributed by atoms with Gasteiger partial charge in [-0.2, -0.15) is 0 Å². The third-order valence-electron chi connectivity index (χ3n) is 8.71. The van der Waals surface area contributed by atoms with Gasteiger partial charge in [0.05, 0.1) is 33.5 Å². The van der Waals surface area contributed by atoms with Crippen molar-refractivity contribution in [2.75, 3.05) is 4.90 Å². The zero-order chi connectivity index (χ0) is 28.1. The van der Waals surface area contributed by atoms with E-state index >= 15 is 0 Å². The van der Waals surface area contributed by atoms with Crippen LogP contribution in [0.2, 0.25) is 0 Å². The largest absolute Gasteiger partial charge is 0.456 e. The number of benzene rings is 6. The number of rotatable bonds is 1. The maximum atomic E-state index is 6.29. The second-order valence-corrected chi connectivity index (χ2v) is 11.1. The van der Waals surface area contributed by atoms with Crippen LogP contribution in [-0.4, -0.2) is 14.5 Å². The fourth-order valence-corrected chi connectivity index (χ4v) is 6.88. The summed E-state index contributed by atoms with van der Waals surface area (Å²) < 4.78 is 8.68. The summed E-state index contributed by atoms with van der Waals surface area (Å²) in [7, 11) is 0. The number of anilines is 3. The summed E-state index contributed by atoms with van der Waals surface area (Å²) in [6, 6.07) is 46.7. The molecule has 5 nitrogen and oxygen atoms in total. The average molecular weight is 551 g/mol. The molecular weight excluding hydrogens is 528 g/mol. The second kappa shape index (κ2) is 8.30. The Kier molecular flexibility index (Phi) is 4.39. The molecular formula is C38H22N4O. The molecule has 2 aromatic heterocycles. The van der Waals surface area contributed by atoms with Crippen molar-refractivity contribution in [1.29, 1.82) is 0 Å². The summed E-state index contributed by atoms with van der Waals surface area (Å²) >= 11 is 0. The number of ether oxygens (including phenoxy) is 1. The highest BCUT2D eigenvalue weighted by molar-refractivity contribution is 6.11. The van der Waals surface area contributed by atoms with E-state index in [0.717, 1.165) is 67.4 Å². The first-order valence-corrected chi connectivity index (χ1v) is 14.4. The highest BCUT2D eigenvalue weighted by atomic mass is 16.5. The van der Waals surface area contributed by atoms with Crippen LogP contribution in [0.25, 0.3) is 60.6 Å². The quantitative estimate of drug-likeness (QED) is 0.204. The molecule has 0 spiro atoms. The summed E-state index contributed by atoms with van der Waals surface area (Å²) in [5, 5.41) is 4.51. The predicted octanol–water partition coefficient (Wildman–Crippen LogP) is 9.95. The van der Waals surface area contributed by atoms with Gasteiger partial charge in [0.2, 0.25) is 5.95 Å². The van der Waals surface area contributed by atoms with Crippen LogP contribution in [0, 0.1) is 0 Å². The lowest BCUT2D eigenvalue weighted by atomic mass is 10.0. The lowest BCUT2D eigenvalue weighted by Gasteiger charge is -2.26. The molecule has 0 unspecified atom stereocenters. The maximum Gasteiger partial charge on any atom is 0.236 e. The van der Waals surface area contributed by atoms with Crippen LogP contribution >= 0.6 is 0 Å². The Morgan fingerprint density at radius 3 is 2.14 bits per heavy atom. The van der Waals surface area contributed by atoms with E-state index in [1.54, 1.807) is 0 Å². The molecule has 4 heterocycles. The van der Waals surface area contributed by atoms with E-state index in [4.69, 9.17) is 14.7 Å². The molecule has 2 aliphatic heterocycles.